The van der Waals surface area contributed by atoms with Gasteiger partial charge in [-0.25, -0.2) is 13.6 Å². The molecule has 2 saturated carbocycles. The van der Waals surface area contributed by atoms with Crippen molar-refractivity contribution >= 4 is 23.4 Å². The molecule has 1 N–H and O–H groups in total. The molecular weight excluding hydrogens is 642 g/mol. The largest absolute Gasteiger partial charge is 0.476 e. The predicted octanol–water partition coefficient (Wildman–Crippen LogP) is 6.45. The van der Waals surface area contributed by atoms with Crippen LogP contribution in [0.15, 0.2) is 36.7 Å². The first-order chi connectivity index (χ1) is 24.1. The molecule has 2 aliphatic carbocycles. The zero-order valence-electron chi connectivity index (χ0n) is 28.5. The maximum Gasteiger partial charge on any atom is 0.356 e. The Labute approximate surface area is 289 Å². The fourth-order valence-corrected chi connectivity index (χ4v) is 9.13. The van der Waals surface area contributed by atoms with E-state index in [4.69, 9.17) is 10.2 Å². The molecule has 1 spiro atoms. The van der Waals surface area contributed by atoms with Crippen LogP contribution in [-0.4, -0.2) is 64.7 Å². The van der Waals surface area contributed by atoms with E-state index in [9.17, 15) is 18.4 Å². The molecular formula is C37H42F2N8O3. The van der Waals surface area contributed by atoms with E-state index in [0.717, 1.165) is 92.5 Å². The number of halogens is 2. The van der Waals surface area contributed by atoms with Crippen molar-refractivity contribution in [3.63, 3.8) is 0 Å². The minimum Gasteiger partial charge on any atom is -0.476 e. The Bertz CT molecular complexity index is 1940. The van der Waals surface area contributed by atoms with Crippen LogP contribution in [-0.2, 0) is 37.6 Å². The Morgan fingerprint density at radius 3 is 2.54 bits per heavy atom. The number of fused-ring (bicyclic) bond motifs is 2. The normalized spacial score (nSPS) is 23.1. The highest BCUT2D eigenvalue weighted by atomic mass is 19.3. The second kappa shape index (κ2) is 12.6. The second-order valence-corrected chi connectivity index (χ2v) is 14.8. The van der Waals surface area contributed by atoms with E-state index >= 15 is 0 Å². The lowest BCUT2D eigenvalue weighted by molar-refractivity contribution is -0.129. The average Bonchev–Trinajstić information content (AvgIpc) is 3.70. The van der Waals surface area contributed by atoms with Gasteiger partial charge in [-0.15, -0.1) is 5.10 Å². The quantitative estimate of drug-likeness (QED) is 0.236. The van der Waals surface area contributed by atoms with Gasteiger partial charge in [-0.3, -0.25) is 14.2 Å². The maximum absolute atomic E-state index is 14.6. The summed E-state index contributed by atoms with van der Waals surface area (Å²) in [5, 5.41) is 26.6. The maximum atomic E-state index is 14.6. The number of nitrogens with zero attached hydrogens (tertiary/aromatic N) is 8. The SMILES string of the molecule is CC(=O)N1CCc2c(c(N3CCCc4cc(-c5cnn(C)c5)c(C(F)F)cc43)nn2C2CCC3(CC2)CC(Cc2ccc(C(=O)O)nn2)C3)C1. The molecule has 50 heavy (non-hydrogen) atoms. The van der Waals surface area contributed by atoms with Crippen molar-refractivity contribution in [1.82, 2.24) is 34.7 Å². The Balaban J connectivity index is 1.05. The smallest absolute Gasteiger partial charge is 0.356 e. The lowest BCUT2D eigenvalue weighted by Crippen LogP contribution is -2.42. The molecule has 8 rings (SSSR count). The Morgan fingerprint density at radius 2 is 1.88 bits per heavy atom. The van der Waals surface area contributed by atoms with Gasteiger partial charge in [0.05, 0.1) is 24.5 Å². The minimum absolute atomic E-state index is 0.0111. The molecule has 1 aromatic carbocycles. The number of carboxylic acids is 1. The van der Waals surface area contributed by atoms with Gasteiger partial charge in [0, 0.05) is 67.8 Å². The number of rotatable bonds is 7. The number of aryl methyl sites for hydroxylation is 2. The molecule has 5 heterocycles. The highest BCUT2D eigenvalue weighted by Gasteiger charge is 2.47. The third-order valence-corrected chi connectivity index (χ3v) is 11.6. The third-order valence-electron chi connectivity index (χ3n) is 11.6. The molecule has 1 amide bonds. The highest BCUT2D eigenvalue weighted by Crippen LogP contribution is 2.57. The van der Waals surface area contributed by atoms with E-state index in [-0.39, 0.29) is 23.2 Å². The number of aromatic carboxylic acids is 1. The van der Waals surface area contributed by atoms with Gasteiger partial charge >= 0.3 is 5.97 Å². The molecule has 13 heteroatoms. The van der Waals surface area contributed by atoms with Crippen LogP contribution in [0.4, 0.5) is 20.3 Å². The third kappa shape index (κ3) is 5.83. The van der Waals surface area contributed by atoms with Crippen LogP contribution in [0.3, 0.4) is 0 Å². The number of aromatic nitrogens is 6. The highest BCUT2D eigenvalue weighted by molar-refractivity contribution is 5.85. The van der Waals surface area contributed by atoms with Gasteiger partial charge in [-0.1, -0.05) is 0 Å². The summed E-state index contributed by atoms with van der Waals surface area (Å²) in [6, 6.07) is 7.11. The summed E-state index contributed by atoms with van der Waals surface area (Å²) in [7, 11) is 1.78. The van der Waals surface area contributed by atoms with Crippen LogP contribution >= 0.6 is 0 Å². The van der Waals surface area contributed by atoms with Crippen LogP contribution < -0.4 is 4.90 Å². The first-order valence-corrected chi connectivity index (χ1v) is 17.7. The standard InChI is InChI=1S/C37H42F2N8O3/c1-22(48)45-13-9-32-30(21-45)35(46-12-3-4-24-15-28(25-19-40-44(2)20-25)29(34(38)39)16-33(24)46)43-47(32)27-7-10-37(11-8-27)17-23(18-37)14-26-5-6-31(36(49)50)42-41-26/h5-6,15-16,19-20,23,27,34H,3-4,7-14,17-18,21H2,1-2H3,(H,49,50). The van der Waals surface area contributed by atoms with Crippen LogP contribution in [0.1, 0.15) is 103 Å². The van der Waals surface area contributed by atoms with Crippen molar-refractivity contribution in [2.45, 2.75) is 90.1 Å². The van der Waals surface area contributed by atoms with Crippen molar-refractivity contribution in [3.05, 3.63) is 70.4 Å². The fraction of sp³-hybridized carbons (Fsp3) is 0.514. The number of carbonyl (C=O) groups excluding carboxylic acids is 1. The molecule has 2 fully saturated rings. The number of amides is 1. The summed E-state index contributed by atoms with van der Waals surface area (Å²) in [6.07, 6.45) is 10.5. The molecule has 0 atom stereocenters. The molecule has 2 aliphatic heterocycles. The lowest BCUT2D eigenvalue weighted by Gasteiger charge is -2.52. The minimum atomic E-state index is -2.65. The van der Waals surface area contributed by atoms with Crippen molar-refractivity contribution in [2.75, 3.05) is 18.0 Å². The fourth-order valence-electron chi connectivity index (χ4n) is 9.13. The van der Waals surface area contributed by atoms with Crippen LogP contribution in [0.5, 0.6) is 0 Å². The van der Waals surface area contributed by atoms with E-state index in [1.54, 1.807) is 43.2 Å². The van der Waals surface area contributed by atoms with E-state index in [1.165, 1.54) is 11.8 Å². The van der Waals surface area contributed by atoms with Gasteiger partial charge in [0.2, 0.25) is 5.91 Å². The Kier molecular flexibility index (Phi) is 8.18. The Hall–Kier alpha value is -4.68. The van der Waals surface area contributed by atoms with E-state index in [1.807, 2.05) is 11.0 Å². The summed E-state index contributed by atoms with van der Waals surface area (Å²) in [5.41, 5.74) is 6.31. The zero-order valence-corrected chi connectivity index (χ0v) is 28.5. The monoisotopic (exact) mass is 684 g/mol. The molecule has 0 unspecified atom stereocenters. The van der Waals surface area contributed by atoms with Crippen LogP contribution in [0.2, 0.25) is 0 Å². The summed E-state index contributed by atoms with van der Waals surface area (Å²) < 4.78 is 33.1. The lowest BCUT2D eigenvalue weighted by atomic mass is 9.54. The van der Waals surface area contributed by atoms with Crippen LogP contribution in [0, 0.1) is 11.3 Å². The van der Waals surface area contributed by atoms with Gasteiger partial charge in [-0.05, 0) is 105 Å². The van der Waals surface area contributed by atoms with E-state index in [2.05, 4.69) is 24.9 Å². The zero-order chi connectivity index (χ0) is 34.7. The van der Waals surface area contributed by atoms with Crippen LogP contribution in [0.25, 0.3) is 11.1 Å². The summed E-state index contributed by atoms with van der Waals surface area (Å²) in [5.74, 6) is 0.272. The summed E-state index contributed by atoms with van der Waals surface area (Å²) in [4.78, 5) is 27.7. The van der Waals surface area contributed by atoms with Crippen molar-refractivity contribution in [3.8, 4) is 11.1 Å². The van der Waals surface area contributed by atoms with Gasteiger partial charge in [-0.2, -0.15) is 15.3 Å². The number of hydrogen-bond acceptors (Lipinski definition) is 7. The van der Waals surface area contributed by atoms with Gasteiger partial charge in [0.15, 0.2) is 11.5 Å². The van der Waals surface area contributed by atoms with Gasteiger partial charge in [0.1, 0.15) is 0 Å². The first kappa shape index (κ1) is 32.5. The molecule has 262 valence electrons. The summed E-state index contributed by atoms with van der Waals surface area (Å²) >= 11 is 0. The number of hydrogen-bond donors (Lipinski definition) is 1. The molecule has 11 nitrogen and oxygen atoms in total. The number of benzene rings is 1. The number of carbonyl (C=O) groups is 2. The average molecular weight is 685 g/mol. The molecule has 0 radical (unpaired) electrons. The molecule has 4 aromatic rings. The molecule has 4 aliphatic rings. The van der Waals surface area contributed by atoms with Crippen molar-refractivity contribution < 1.29 is 23.5 Å². The second-order valence-electron chi connectivity index (χ2n) is 14.8. The first-order valence-electron chi connectivity index (χ1n) is 17.7. The topological polar surface area (TPSA) is 122 Å². The number of anilines is 2. The number of carboxylic acid groups (broad SMARTS) is 1. The molecule has 0 saturated heterocycles. The molecule has 0 bridgehead atoms. The van der Waals surface area contributed by atoms with Gasteiger partial charge in [0.25, 0.3) is 6.43 Å². The van der Waals surface area contributed by atoms with Crippen molar-refractivity contribution in [1.29, 1.82) is 0 Å². The number of alkyl halides is 2. The van der Waals surface area contributed by atoms with E-state index in [0.29, 0.717) is 42.1 Å². The Morgan fingerprint density at radius 1 is 1.08 bits per heavy atom. The molecule has 3 aromatic heterocycles. The van der Waals surface area contributed by atoms with Gasteiger partial charge < -0.3 is 14.9 Å². The predicted molar refractivity (Wildman–Crippen MR) is 181 cm³/mol. The van der Waals surface area contributed by atoms with Crippen molar-refractivity contribution in [2.24, 2.45) is 18.4 Å². The van der Waals surface area contributed by atoms with E-state index < -0.39 is 12.4 Å². The summed E-state index contributed by atoms with van der Waals surface area (Å²) in [6.45, 7) is 3.38.